The summed E-state index contributed by atoms with van der Waals surface area (Å²) >= 11 is 0. The highest BCUT2D eigenvalue weighted by Gasteiger charge is 2.33. The van der Waals surface area contributed by atoms with Gasteiger partial charge in [0, 0.05) is 19.6 Å². The maximum atomic E-state index is 3.57. The number of rotatable bonds is 3. The Morgan fingerprint density at radius 3 is 2.50 bits per heavy atom. The van der Waals surface area contributed by atoms with Crippen LogP contribution in [0.1, 0.15) is 53.9 Å². The van der Waals surface area contributed by atoms with E-state index in [4.69, 9.17) is 0 Å². The van der Waals surface area contributed by atoms with E-state index < -0.39 is 0 Å². The van der Waals surface area contributed by atoms with E-state index in [0.717, 1.165) is 12.5 Å². The number of nitrogens with one attached hydrogen (secondary N) is 1. The van der Waals surface area contributed by atoms with E-state index >= 15 is 0 Å². The molecule has 0 aromatic rings. The van der Waals surface area contributed by atoms with Crippen molar-refractivity contribution in [2.45, 2.75) is 53.9 Å². The van der Waals surface area contributed by atoms with Gasteiger partial charge in [-0.3, -0.25) is 4.90 Å². The molecule has 2 heteroatoms. The molecule has 2 aliphatic heterocycles. The fraction of sp³-hybridized carbons (Fsp3) is 0.889. The molecule has 2 aliphatic rings. The Morgan fingerprint density at radius 1 is 1.25 bits per heavy atom. The van der Waals surface area contributed by atoms with Gasteiger partial charge in [-0.2, -0.15) is 0 Å². The van der Waals surface area contributed by atoms with Crippen molar-refractivity contribution in [3.05, 3.63) is 11.6 Å². The van der Waals surface area contributed by atoms with Crippen LogP contribution in [0, 0.1) is 16.7 Å². The van der Waals surface area contributed by atoms with Gasteiger partial charge in [0.15, 0.2) is 0 Å². The van der Waals surface area contributed by atoms with Crippen LogP contribution in [0.25, 0.3) is 0 Å². The molecule has 1 atom stereocenters. The maximum absolute atomic E-state index is 3.57. The third kappa shape index (κ3) is 4.08. The lowest BCUT2D eigenvalue weighted by Gasteiger charge is -2.42. The van der Waals surface area contributed by atoms with E-state index in [1.165, 1.54) is 45.4 Å². The van der Waals surface area contributed by atoms with Crippen LogP contribution in [0.2, 0.25) is 0 Å². The van der Waals surface area contributed by atoms with Gasteiger partial charge in [0.25, 0.3) is 0 Å². The van der Waals surface area contributed by atoms with Gasteiger partial charge in [-0.15, -0.1) is 0 Å². The van der Waals surface area contributed by atoms with E-state index in [-0.39, 0.29) is 0 Å². The van der Waals surface area contributed by atoms with Gasteiger partial charge in [0.2, 0.25) is 0 Å². The minimum Gasteiger partial charge on any atom is -0.316 e. The molecule has 2 nitrogen and oxygen atoms in total. The smallest absolute Gasteiger partial charge is 0.0166 e. The molecule has 1 N–H and O–H groups in total. The average Bonchev–Trinajstić information content (AvgIpc) is 2.39. The monoisotopic (exact) mass is 278 g/mol. The minimum atomic E-state index is 0.356. The fourth-order valence-corrected chi connectivity index (χ4v) is 3.76. The second-order valence-electron chi connectivity index (χ2n) is 8.50. The Hall–Kier alpha value is -0.340. The van der Waals surface area contributed by atoms with Crippen molar-refractivity contribution in [2.24, 2.45) is 16.7 Å². The Bertz CT molecular complexity index is 343. The van der Waals surface area contributed by atoms with Crippen molar-refractivity contribution in [3.63, 3.8) is 0 Å². The van der Waals surface area contributed by atoms with Crippen LogP contribution in [0.15, 0.2) is 11.6 Å². The predicted molar refractivity (Wildman–Crippen MR) is 88.0 cm³/mol. The van der Waals surface area contributed by atoms with Gasteiger partial charge in [-0.25, -0.2) is 0 Å². The molecular formula is C18H34N2. The molecule has 0 spiro atoms. The molecule has 20 heavy (non-hydrogen) atoms. The first kappa shape index (κ1) is 16.0. The van der Waals surface area contributed by atoms with E-state index in [0.29, 0.717) is 10.8 Å². The summed E-state index contributed by atoms with van der Waals surface area (Å²) in [5.74, 6) is 0.837. The van der Waals surface area contributed by atoms with Crippen LogP contribution >= 0.6 is 0 Å². The van der Waals surface area contributed by atoms with Crippen LogP contribution in [0.5, 0.6) is 0 Å². The molecule has 1 saturated heterocycles. The molecule has 2 heterocycles. The molecule has 0 radical (unpaired) electrons. The van der Waals surface area contributed by atoms with Crippen LogP contribution in [-0.2, 0) is 0 Å². The van der Waals surface area contributed by atoms with Crippen molar-refractivity contribution in [1.29, 1.82) is 0 Å². The Kier molecular flexibility index (Phi) is 4.96. The second kappa shape index (κ2) is 6.19. The molecule has 1 unspecified atom stereocenters. The van der Waals surface area contributed by atoms with Gasteiger partial charge in [0.1, 0.15) is 0 Å². The highest BCUT2D eigenvalue weighted by atomic mass is 15.1. The molecule has 0 aromatic heterocycles. The van der Waals surface area contributed by atoms with E-state index in [2.05, 4.69) is 50.9 Å². The van der Waals surface area contributed by atoms with Crippen LogP contribution in [0.4, 0.5) is 0 Å². The summed E-state index contributed by atoms with van der Waals surface area (Å²) in [6.07, 6.45) is 6.49. The molecule has 0 saturated carbocycles. The van der Waals surface area contributed by atoms with Gasteiger partial charge in [0.05, 0.1) is 0 Å². The molecule has 116 valence electrons. The number of piperidine rings is 1. The van der Waals surface area contributed by atoms with Gasteiger partial charge >= 0.3 is 0 Å². The molecule has 2 rings (SSSR count). The average molecular weight is 278 g/mol. The van der Waals surface area contributed by atoms with Crippen LogP contribution in [0.3, 0.4) is 0 Å². The summed E-state index contributed by atoms with van der Waals surface area (Å²) in [4.78, 5) is 2.66. The Morgan fingerprint density at radius 2 is 2.00 bits per heavy atom. The number of hydrogen-bond donors (Lipinski definition) is 1. The van der Waals surface area contributed by atoms with Gasteiger partial charge < -0.3 is 5.32 Å². The summed E-state index contributed by atoms with van der Waals surface area (Å²) < 4.78 is 0. The lowest BCUT2D eigenvalue weighted by Crippen LogP contribution is -2.46. The third-order valence-corrected chi connectivity index (χ3v) is 5.29. The summed E-state index contributed by atoms with van der Waals surface area (Å²) in [5.41, 5.74) is 2.43. The van der Waals surface area contributed by atoms with E-state index in [1.54, 1.807) is 5.57 Å². The first-order valence-corrected chi connectivity index (χ1v) is 8.41. The standard InChI is InChI=1S/C18H34N2/c1-17(2,3)15-8-11-20(12-9-15)14-18(4,5)16-7-6-10-19-13-16/h8,16,19H,6-7,9-14H2,1-5H3. The first-order chi connectivity index (χ1) is 9.29. The fourth-order valence-electron chi connectivity index (χ4n) is 3.76. The zero-order chi connectivity index (χ0) is 14.8. The molecular weight excluding hydrogens is 244 g/mol. The zero-order valence-corrected chi connectivity index (χ0v) is 14.3. The number of hydrogen-bond acceptors (Lipinski definition) is 2. The van der Waals surface area contributed by atoms with Crippen LogP contribution in [-0.4, -0.2) is 37.6 Å². The Balaban J connectivity index is 1.89. The van der Waals surface area contributed by atoms with Gasteiger partial charge in [-0.05, 0) is 49.1 Å². The zero-order valence-electron chi connectivity index (χ0n) is 14.3. The van der Waals surface area contributed by atoms with E-state index in [1.807, 2.05) is 0 Å². The van der Waals surface area contributed by atoms with E-state index in [9.17, 15) is 0 Å². The molecule has 0 bridgehead atoms. The van der Waals surface area contributed by atoms with Crippen LogP contribution < -0.4 is 5.32 Å². The lowest BCUT2D eigenvalue weighted by atomic mass is 9.74. The highest BCUT2D eigenvalue weighted by Crippen LogP contribution is 2.35. The second-order valence-corrected chi connectivity index (χ2v) is 8.50. The van der Waals surface area contributed by atoms with Crippen molar-refractivity contribution >= 4 is 0 Å². The first-order valence-electron chi connectivity index (χ1n) is 8.41. The summed E-state index contributed by atoms with van der Waals surface area (Å²) in [5, 5.41) is 3.57. The minimum absolute atomic E-state index is 0.356. The van der Waals surface area contributed by atoms with Crippen molar-refractivity contribution in [3.8, 4) is 0 Å². The topological polar surface area (TPSA) is 15.3 Å². The predicted octanol–water partition coefficient (Wildman–Crippen LogP) is 3.69. The summed E-state index contributed by atoms with van der Waals surface area (Å²) in [6, 6.07) is 0. The quantitative estimate of drug-likeness (QED) is 0.792. The SMILES string of the molecule is CC(C)(C)C1=CCN(CC(C)(C)C2CCCNC2)CC1. The molecule has 0 aromatic carbocycles. The lowest BCUT2D eigenvalue weighted by molar-refractivity contribution is 0.103. The largest absolute Gasteiger partial charge is 0.316 e. The third-order valence-electron chi connectivity index (χ3n) is 5.29. The summed E-state index contributed by atoms with van der Waals surface area (Å²) in [7, 11) is 0. The van der Waals surface area contributed by atoms with Crippen molar-refractivity contribution < 1.29 is 0 Å². The van der Waals surface area contributed by atoms with Crippen molar-refractivity contribution in [1.82, 2.24) is 10.2 Å². The number of nitrogens with zero attached hydrogens (tertiary/aromatic N) is 1. The molecule has 0 aliphatic carbocycles. The normalized spacial score (nSPS) is 26.4. The molecule has 0 amide bonds. The van der Waals surface area contributed by atoms with Crippen molar-refractivity contribution in [2.75, 3.05) is 32.7 Å². The highest BCUT2D eigenvalue weighted by molar-refractivity contribution is 5.14. The summed E-state index contributed by atoms with van der Waals surface area (Å²) in [6.45, 7) is 18.0. The molecule has 1 fully saturated rings. The Labute approximate surface area is 126 Å². The maximum Gasteiger partial charge on any atom is 0.0166 e. The van der Waals surface area contributed by atoms with Gasteiger partial charge in [-0.1, -0.05) is 46.3 Å².